The summed E-state index contributed by atoms with van der Waals surface area (Å²) >= 11 is 0. The Kier molecular flexibility index (Phi) is 4.52. The lowest BCUT2D eigenvalue weighted by Gasteiger charge is -2.22. The molecule has 1 aliphatic heterocycles. The number of ether oxygens (including phenoxy) is 1. The van der Waals surface area contributed by atoms with E-state index in [0.717, 1.165) is 12.8 Å². The summed E-state index contributed by atoms with van der Waals surface area (Å²) in [6.45, 7) is 4.42. The quantitative estimate of drug-likeness (QED) is 0.540. The maximum Gasteiger partial charge on any atom is 0.328 e. The van der Waals surface area contributed by atoms with E-state index < -0.39 is 6.04 Å². The van der Waals surface area contributed by atoms with E-state index >= 15 is 0 Å². The third-order valence-corrected chi connectivity index (χ3v) is 2.83. The summed E-state index contributed by atoms with van der Waals surface area (Å²) < 4.78 is 4.70. The molecule has 0 aromatic heterocycles. The van der Waals surface area contributed by atoms with Gasteiger partial charge < -0.3 is 9.64 Å². The summed E-state index contributed by atoms with van der Waals surface area (Å²) in [6.07, 6.45) is 4.28. The summed E-state index contributed by atoms with van der Waals surface area (Å²) in [5.41, 5.74) is 0.707. The molecule has 1 saturated heterocycles. The molecule has 0 bridgehead atoms. The van der Waals surface area contributed by atoms with Gasteiger partial charge in [-0.05, 0) is 26.2 Å². The third-order valence-electron chi connectivity index (χ3n) is 2.83. The standard InChI is InChI=1S/C12H19NO3/c1-4-6-9(2)11(14)13-8-5-7-10(13)12(15)16-3/h6,10H,4-5,7-8H2,1-3H3/b9-6+. The molecular formula is C12H19NO3. The smallest absolute Gasteiger partial charge is 0.328 e. The normalized spacial score (nSPS) is 21.1. The van der Waals surface area contributed by atoms with Crippen LogP contribution in [0, 0.1) is 0 Å². The zero-order valence-corrected chi connectivity index (χ0v) is 10.2. The minimum atomic E-state index is -0.391. The van der Waals surface area contributed by atoms with Gasteiger partial charge >= 0.3 is 5.97 Å². The molecule has 0 saturated carbocycles. The van der Waals surface area contributed by atoms with Gasteiger partial charge in [-0.25, -0.2) is 4.79 Å². The fourth-order valence-electron chi connectivity index (χ4n) is 2.01. The van der Waals surface area contributed by atoms with E-state index in [-0.39, 0.29) is 11.9 Å². The highest BCUT2D eigenvalue weighted by Crippen LogP contribution is 2.20. The van der Waals surface area contributed by atoms with Crippen LogP contribution in [-0.4, -0.2) is 36.5 Å². The van der Waals surface area contributed by atoms with Crippen molar-refractivity contribution in [3.63, 3.8) is 0 Å². The first-order chi connectivity index (χ1) is 7.61. The number of methoxy groups -OCH3 is 1. The number of carbonyl (C=O) groups excluding carboxylic acids is 2. The van der Waals surface area contributed by atoms with Gasteiger partial charge in [0.05, 0.1) is 7.11 Å². The molecule has 0 aliphatic carbocycles. The number of carbonyl (C=O) groups is 2. The summed E-state index contributed by atoms with van der Waals surface area (Å²) in [5.74, 6) is -0.357. The van der Waals surface area contributed by atoms with E-state index in [2.05, 4.69) is 0 Å². The van der Waals surface area contributed by atoms with Crippen molar-refractivity contribution in [2.75, 3.05) is 13.7 Å². The van der Waals surface area contributed by atoms with Crippen molar-refractivity contribution in [2.24, 2.45) is 0 Å². The van der Waals surface area contributed by atoms with Crippen molar-refractivity contribution in [3.05, 3.63) is 11.6 Å². The number of likely N-dealkylation sites (tertiary alicyclic amines) is 1. The van der Waals surface area contributed by atoms with Gasteiger partial charge in [0.15, 0.2) is 0 Å². The zero-order chi connectivity index (χ0) is 12.1. The molecule has 1 amide bonds. The van der Waals surface area contributed by atoms with Crippen molar-refractivity contribution < 1.29 is 14.3 Å². The predicted octanol–water partition coefficient (Wildman–Crippen LogP) is 1.51. The second kappa shape index (κ2) is 5.68. The average molecular weight is 225 g/mol. The largest absolute Gasteiger partial charge is 0.467 e. The molecule has 16 heavy (non-hydrogen) atoms. The SMILES string of the molecule is CC/C=C(\C)C(=O)N1CCCC1C(=O)OC. The van der Waals surface area contributed by atoms with Crippen molar-refractivity contribution in [1.82, 2.24) is 4.90 Å². The summed E-state index contributed by atoms with van der Waals surface area (Å²) in [7, 11) is 1.36. The van der Waals surface area contributed by atoms with Gasteiger partial charge in [-0.15, -0.1) is 0 Å². The Morgan fingerprint density at radius 2 is 2.19 bits per heavy atom. The maximum atomic E-state index is 12.0. The first-order valence-electron chi connectivity index (χ1n) is 5.67. The van der Waals surface area contributed by atoms with Crippen molar-refractivity contribution >= 4 is 11.9 Å². The van der Waals surface area contributed by atoms with Crippen LogP contribution in [0.15, 0.2) is 11.6 Å². The van der Waals surface area contributed by atoms with Crippen molar-refractivity contribution in [2.45, 2.75) is 39.2 Å². The molecule has 4 heteroatoms. The highest BCUT2D eigenvalue weighted by Gasteiger charge is 2.34. The van der Waals surface area contributed by atoms with Crippen LogP contribution in [0.25, 0.3) is 0 Å². The lowest BCUT2D eigenvalue weighted by atomic mass is 10.2. The Morgan fingerprint density at radius 3 is 2.75 bits per heavy atom. The molecule has 1 heterocycles. The molecule has 0 spiro atoms. The monoisotopic (exact) mass is 225 g/mol. The van der Waals surface area contributed by atoms with E-state index in [0.29, 0.717) is 18.5 Å². The fraction of sp³-hybridized carbons (Fsp3) is 0.667. The van der Waals surface area contributed by atoms with Crippen LogP contribution in [0.3, 0.4) is 0 Å². The molecule has 1 rings (SSSR count). The van der Waals surface area contributed by atoms with Gasteiger partial charge in [0, 0.05) is 12.1 Å². The topological polar surface area (TPSA) is 46.6 Å². The number of hydrogen-bond donors (Lipinski definition) is 0. The lowest BCUT2D eigenvalue weighted by Crippen LogP contribution is -2.41. The van der Waals surface area contributed by atoms with Crippen LogP contribution < -0.4 is 0 Å². The van der Waals surface area contributed by atoms with E-state index in [9.17, 15) is 9.59 Å². The van der Waals surface area contributed by atoms with Crippen LogP contribution >= 0.6 is 0 Å². The van der Waals surface area contributed by atoms with Crippen LogP contribution in [0.4, 0.5) is 0 Å². The van der Waals surface area contributed by atoms with Crippen LogP contribution in [0.1, 0.15) is 33.1 Å². The molecule has 0 N–H and O–H groups in total. The van der Waals surface area contributed by atoms with E-state index in [1.807, 2.05) is 13.0 Å². The van der Waals surface area contributed by atoms with Crippen LogP contribution in [0.5, 0.6) is 0 Å². The molecule has 1 unspecified atom stereocenters. The number of nitrogens with zero attached hydrogens (tertiary/aromatic N) is 1. The van der Waals surface area contributed by atoms with Crippen LogP contribution in [-0.2, 0) is 14.3 Å². The van der Waals surface area contributed by atoms with Crippen molar-refractivity contribution in [3.8, 4) is 0 Å². The summed E-state index contributed by atoms with van der Waals surface area (Å²) in [5, 5.41) is 0. The Morgan fingerprint density at radius 1 is 1.50 bits per heavy atom. The number of hydrogen-bond acceptors (Lipinski definition) is 3. The minimum Gasteiger partial charge on any atom is -0.467 e. The molecule has 1 atom stereocenters. The molecule has 1 fully saturated rings. The van der Waals surface area contributed by atoms with Crippen molar-refractivity contribution in [1.29, 1.82) is 0 Å². The Balaban J connectivity index is 2.75. The van der Waals surface area contributed by atoms with Gasteiger partial charge in [-0.3, -0.25) is 4.79 Å². The van der Waals surface area contributed by atoms with E-state index in [1.165, 1.54) is 7.11 Å². The highest BCUT2D eigenvalue weighted by atomic mass is 16.5. The van der Waals surface area contributed by atoms with Gasteiger partial charge in [0.2, 0.25) is 5.91 Å². The second-order valence-corrected chi connectivity index (χ2v) is 3.98. The van der Waals surface area contributed by atoms with Gasteiger partial charge in [0.25, 0.3) is 0 Å². The Hall–Kier alpha value is -1.32. The van der Waals surface area contributed by atoms with Gasteiger partial charge in [-0.2, -0.15) is 0 Å². The molecule has 90 valence electrons. The molecule has 4 nitrogen and oxygen atoms in total. The average Bonchev–Trinajstić information content (AvgIpc) is 2.76. The maximum absolute atomic E-state index is 12.0. The summed E-state index contributed by atoms with van der Waals surface area (Å²) in [6, 6.07) is -0.391. The van der Waals surface area contributed by atoms with Gasteiger partial charge in [-0.1, -0.05) is 13.0 Å². The van der Waals surface area contributed by atoms with Crippen LogP contribution in [0.2, 0.25) is 0 Å². The number of esters is 1. The minimum absolute atomic E-state index is 0.0465. The van der Waals surface area contributed by atoms with E-state index in [1.54, 1.807) is 11.8 Å². The Labute approximate surface area is 96.3 Å². The zero-order valence-electron chi connectivity index (χ0n) is 10.2. The molecule has 1 aliphatic rings. The number of rotatable bonds is 3. The molecule has 0 aromatic carbocycles. The molecule has 0 aromatic rings. The predicted molar refractivity (Wildman–Crippen MR) is 60.8 cm³/mol. The fourth-order valence-corrected chi connectivity index (χ4v) is 2.01. The molecule has 0 radical (unpaired) electrons. The molecular weight excluding hydrogens is 206 g/mol. The Bertz CT molecular complexity index is 309. The highest BCUT2D eigenvalue weighted by molar-refractivity contribution is 5.96. The first kappa shape index (κ1) is 12.7. The third kappa shape index (κ3) is 2.62. The first-order valence-corrected chi connectivity index (χ1v) is 5.67. The second-order valence-electron chi connectivity index (χ2n) is 3.98. The van der Waals surface area contributed by atoms with Gasteiger partial charge in [0.1, 0.15) is 6.04 Å². The number of allylic oxidation sites excluding steroid dienone is 1. The number of amides is 1. The lowest BCUT2D eigenvalue weighted by molar-refractivity contribution is -0.149. The van der Waals surface area contributed by atoms with E-state index in [4.69, 9.17) is 4.74 Å². The summed E-state index contributed by atoms with van der Waals surface area (Å²) in [4.78, 5) is 25.1.